The third kappa shape index (κ3) is 4.45. The topological polar surface area (TPSA) is 96.0 Å². The lowest BCUT2D eigenvalue weighted by molar-refractivity contribution is -0.139. The van der Waals surface area contributed by atoms with E-state index in [1.54, 1.807) is 18.5 Å². The van der Waals surface area contributed by atoms with Gasteiger partial charge in [0.05, 0.1) is 18.8 Å². The molecule has 0 aliphatic carbocycles. The van der Waals surface area contributed by atoms with Crippen LogP contribution in [0.25, 0.3) is 10.9 Å². The van der Waals surface area contributed by atoms with E-state index in [4.69, 9.17) is 4.74 Å². The van der Waals surface area contributed by atoms with Crippen LogP contribution in [-0.2, 0) is 16.0 Å². The van der Waals surface area contributed by atoms with Crippen molar-refractivity contribution in [1.29, 1.82) is 0 Å². The molecule has 3 aromatic heterocycles. The molecule has 0 unspecified atom stereocenters. The van der Waals surface area contributed by atoms with E-state index in [-0.39, 0.29) is 12.0 Å². The van der Waals surface area contributed by atoms with Gasteiger partial charge in [-0.05, 0) is 36.2 Å². The molecule has 1 aliphatic rings. The van der Waals surface area contributed by atoms with Gasteiger partial charge in [0.15, 0.2) is 0 Å². The first-order chi connectivity index (χ1) is 15.8. The molecule has 8 nitrogen and oxygen atoms in total. The molecule has 4 aromatic rings. The Morgan fingerprint density at radius 1 is 1.12 bits per heavy atom. The van der Waals surface area contributed by atoms with Gasteiger partial charge in [-0.25, -0.2) is 15.0 Å². The van der Waals surface area contributed by atoms with Crippen molar-refractivity contribution < 1.29 is 9.53 Å². The summed E-state index contributed by atoms with van der Waals surface area (Å²) in [6.45, 7) is 1.58. The maximum atomic E-state index is 12.9. The first kappa shape index (κ1) is 20.1. The van der Waals surface area contributed by atoms with E-state index < -0.39 is 0 Å². The third-order valence-electron chi connectivity index (χ3n) is 5.61. The number of carbonyl (C=O) groups is 1. The minimum Gasteiger partial charge on any atom is -0.368 e. The number of H-pyrrole nitrogens is 1. The summed E-state index contributed by atoms with van der Waals surface area (Å²) in [5.74, 6) is 1.26. The number of benzene rings is 1. The number of rotatable bonds is 6. The smallest absolute Gasteiger partial charge is 0.228 e. The second kappa shape index (κ2) is 9.15. The summed E-state index contributed by atoms with van der Waals surface area (Å²) in [5.41, 5.74) is 3.05. The number of aromatic amines is 1. The van der Waals surface area contributed by atoms with Crippen LogP contribution in [0.5, 0.6) is 0 Å². The maximum Gasteiger partial charge on any atom is 0.228 e. The fraction of sp³-hybridized carbons (Fsp3) is 0.250. The summed E-state index contributed by atoms with van der Waals surface area (Å²) in [4.78, 5) is 31.1. The molecule has 1 aromatic carbocycles. The summed E-state index contributed by atoms with van der Waals surface area (Å²) in [5, 5.41) is 4.27. The zero-order valence-corrected chi connectivity index (χ0v) is 17.6. The fourth-order valence-electron chi connectivity index (χ4n) is 3.97. The van der Waals surface area contributed by atoms with Crippen LogP contribution in [0.4, 0.5) is 11.8 Å². The zero-order valence-electron chi connectivity index (χ0n) is 17.6. The molecule has 32 heavy (non-hydrogen) atoms. The lowest BCUT2D eigenvalue weighted by Gasteiger charge is -2.33. The average Bonchev–Trinajstić information content (AvgIpc) is 3.26. The van der Waals surface area contributed by atoms with Crippen LogP contribution in [0.15, 0.2) is 67.1 Å². The summed E-state index contributed by atoms with van der Waals surface area (Å²) < 4.78 is 5.94. The van der Waals surface area contributed by atoms with E-state index >= 15 is 0 Å². The number of aryl methyl sites for hydroxylation is 1. The Morgan fingerprint density at radius 3 is 2.91 bits per heavy atom. The molecule has 1 fully saturated rings. The van der Waals surface area contributed by atoms with Crippen molar-refractivity contribution in [3.63, 3.8) is 0 Å². The van der Waals surface area contributed by atoms with Crippen LogP contribution in [0, 0.1) is 0 Å². The van der Waals surface area contributed by atoms with Gasteiger partial charge in [-0.1, -0.05) is 24.3 Å². The lowest BCUT2D eigenvalue weighted by Crippen LogP contribution is -2.42. The van der Waals surface area contributed by atoms with Crippen LogP contribution < -0.4 is 5.32 Å². The molecule has 1 amide bonds. The molecule has 8 heteroatoms. The molecule has 0 saturated carbocycles. The van der Waals surface area contributed by atoms with Gasteiger partial charge in [0, 0.05) is 42.5 Å². The molecule has 0 spiro atoms. The Balaban J connectivity index is 1.22. The maximum absolute atomic E-state index is 12.9. The van der Waals surface area contributed by atoms with E-state index in [0.717, 1.165) is 11.2 Å². The van der Waals surface area contributed by atoms with Crippen LogP contribution in [0.3, 0.4) is 0 Å². The predicted molar refractivity (Wildman–Crippen MR) is 121 cm³/mol. The number of hydrogen-bond acceptors (Lipinski definition) is 6. The predicted octanol–water partition coefficient (Wildman–Crippen LogP) is 3.63. The van der Waals surface area contributed by atoms with Crippen molar-refractivity contribution in [2.75, 3.05) is 25.0 Å². The molecule has 5 rings (SSSR count). The number of carbonyl (C=O) groups excluding carboxylic acids is 1. The normalized spacial score (nSPS) is 16.2. The summed E-state index contributed by atoms with van der Waals surface area (Å²) in [6.07, 6.45) is 6.25. The lowest BCUT2D eigenvalue weighted by atomic mass is 10.1. The van der Waals surface area contributed by atoms with Crippen molar-refractivity contribution in [3.8, 4) is 0 Å². The number of nitrogens with zero attached hydrogens (tertiary/aromatic N) is 4. The van der Waals surface area contributed by atoms with Gasteiger partial charge in [0.25, 0.3) is 0 Å². The van der Waals surface area contributed by atoms with Crippen LogP contribution in [0.2, 0.25) is 0 Å². The Labute approximate surface area is 185 Å². The Morgan fingerprint density at radius 2 is 2.00 bits per heavy atom. The quantitative estimate of drug-likeness (QED) is 0.487. The highest BCUT2D eigenvalue weighted by Crippen LogP contribution is 2.24. The number of amides is 1. The molecule has 1 atom stereocenters. The second-order valence-corrected chi connectivity index (χ2v) is 7.70. The van der Waals surface area contributed by atoms with Crippen molar-refractivity contribution in [1.82, 2.24) is 24.8 Å². The Kier molecular flexibility index (Phi) is 5.76. The van der Waals surface area contributed by atoms with E-state index in [1.807, 2.05) is 47.5 Å². The third-order valence-corrected chi connectivity index (χ3v) is 5.61. The number of nitrogens with one attached hydrogen (secondary N) is 2. The van der Waals surface area contributed by atoms with Gasteiger partial charge < -0.3 is 19.9 Å². The zero-order chi connectivity index (χ0) is 21.8. The number of ether oxygens (including phenoxy) is 1. The van der Waals surface area contributed by atoms with Gasteiger partial charge in [-0.3, -0.25) is 4.79 Å². The molecule has 0 bridgehead atoms. The highest BCUT2D eigenvalue weighted by atomic mass is 16.5. The van der Waals surface area contributed by atoms with Crippen molar-refractivity contribution in [2.45, 2.75) is 18.9 Å². The largest absolute Gasteiger partial charge is 0.368 e. The van der Waals surface area contributed by atoms with E-state index in [1.165, 1.54) is 10.9 Å². The van der Waals surface area contributed by atoms with Crippen molar-refractivity contribution in [2.24, 2.45) is 0 Å². The summed E-state index contributed by atoms with van der Waals surface area (Å²) in [6, 6.07) is 15.6. The number of pyridine rings is 1. The second-order valence-electron chi connectivity index (χ2n) is 7.70. The highest BCUT2D eigenvalue weighted by Gasteiger charge is 2.26. The minimum atomic E-state index is -0.265. The minimum absolute atomic E-state index is 0.135. The van der Waals surface area contributed by atoms with E-state index in [2.05, 4.69) is 31.3 Å². The van der Waals surface area contributed by atoms with Crippen LogP contribution in [0.1, 0.15) is 23.8 Å². The molecule has 162 valence electrons. The van der Waals surface area contributed by atoms with E-state index in [9.17, 15) is 4.79 Å². The monoisotopic (exact) mass is 428 g/mol. The highest BCUT2D eigenvalue weighted by molar-refractivity contribution is 5.84. The molecule has 4 heterocycles. The van der Waals surface area contributed by atoms with Crippen molar-refractivity contribution >= 4 is 28.6 Å². The molecule has 1 aliphatic heterocycles. The van der Waals surface area contributed by atoms with Crippen LogP contribution >= 0.6 is 0 Å². The molecule has 0 radical (unpaired) electrons. The Hall–Kier alpha value is -3.78. The number of fused-ring (bicyclic) bond motifs is 1. The number of morpholine rings is 1. The van der Waals surface area contributed by atoms with Crippen molar-refractivity contribution in [3.05, 3.63) is 78.4 Å². The first-order valence-corrected chi connectivity index (χ1v) is 10.7. The van der Waals surface area contributed by atoms with Gasteiger partial charge >= 0.3 is 0 Å². The number of anilines is 2. The number of hydrogen-bond donors (Lipinski definition) is 2. The molecule has 2 N–H and O–H groups in total. The average molecular weight is 428 g/mol. The Bertz CT molecular complexity index is 1210. The van der Waals surface area contributed by atoms with Crippen LogP contribution in [-0.4, -0.2) is 50.4 Å². The molecular weight excluding hydrogens is 404 g/mol. The first-order valence-electron chi connectivity index (χ1n) is 10.7. The number of aromatic nitrogens is 4. The van der Waals surface area contributed by atoms with Gasteiger partial charge in [0.2, 0.25) is 11.9 Å². The molecule has 1 saturated heterocycles. The van der Waals surface area contributed by atoms with Gasteiger partial charge in [-0.15, -0.1) is 0 Å². The molecular formula is C24H24N6O2. The van der Waals surface area contributed by atoms with Gasteiger partial charge in [0.1, 0.15) is 11.9 Å². The summed E-state index contributed by atoms with van der Waals surface area (Å²) in [7, 11) is 0. The summed E-state index contributed by atoms with van der Waals surface area (Å²) >= 11 is 0. The fourth-order valence-corrected chi connectivity index (χ4v) is 3.97. The number of para-hydroxylation sites is 1. The van der Waals surface area contributed by atoms with Gasteiger partial charge in [-0.2, -0.15) is 0 Å². The SMILES string of the molecule is O=C(CCc1c[nH]c2ccccc12)N1CCO[C@@H](c2cccc(Nc3ncccn3)n2)C1. The standard InChI is InChI=1S/C24H24N6O2/c31-23(10-9-17-15-27-19-6-2-1-5-18(17)19)30-13-14-32-21(16-30)20-7-3-8-22(28-20)29-24-25-11-4-12-26-24/h1-8,11-12,15,21,27H,9-10,13-14,16H2,(H,25,26,28,29)/t21-/m1/s1. The van der Waals surface area contributed by atoms with E-state index in [0.29, 0.717) is 44.3 Å².